The van der Waals surface area contributed by atoms with Crippen molar-refractivity contribution in [1.82, 2.24) is 20.2 Å². The zero-order chi connectivity index (χ0) is 20.6. The fraction of sp³-hybridized carbons (Fsp3) is 0.150. The van der Waals surface area contributed by atoms with Gasteiger partial charge in [0.15, 0.2) is 0 Å². The van der Waals surface area contributed by atoms with E-state index in [0.29, 0.717) is 12.1 Å². The second kappa shape index (κ2) is 7.10. The number of halogens is 2. The molecule has 0 amide bonds. The summed E-state index contributed by atoms with van der Waals surface area (Å²) < 4.78 is 31.2. The number of hydrazine groups is 1. The van der Waals surface area contributed by atoms with Crippen molar-refractivity contribution in [2.75, 3.05) is 0 Å². The van der Waals surface area contributed by atoms with Crippen LogP contribution < -0.4 is 17.1 Å². The van der Waals surface area contributed by atoms with E-state index in [4.69, 9.17) is 11.7 Å². The second-order valence-electron chi connectivity index (χ2n) is 6.66. The van der Waals surface area contributed by atoms with Gasteiger partial charge in [0, 0.05) is 22.5 Å². The summed E-state index contributed by atoms with van der Waals surface area (Å²) in [6.07, 6.45) is 1.73. The molecule has 0 bridgehead atoms. The van der Waals surface area contributed by atoms with Gasteiger partial charge in [0.05, 0.1) is 23.3 Å². The highest BCUT2D eigenvalue weighted by atomic mass is 19.3. The monoisotopic (exact) mass is 395 g/mol. The number of nitrogens with two attached hydrogens (primary N) is 2. The minimum Gasteiger partial charge on any atom is -0.321 e. The molecule has 4 rings (SSSR count). The third kappa shape index (κ3) is 3.15. The van der Waals surface area contributed by atoms with Crippen LogP contribution in [0.2, 0.25) is 0 Å². The van der Waals surface area contributed by atoms with Gasteiger partial charge in [0.1, 0.15) is 0 Å². The smallest absolute Gasteiger partial charge is 0.321 e. The van der Waals surface area contributed by atoms with Gasteiger partial charge in [-0.05, 0) is 30.7 Å². The number of hydrogen-bond acceptors (Lipinski definition) is 5. The Morgan fingerprint density at radius 2 is 2.00 bits per heavy atom. The molecule has 0 aliphatic heterocycles. The van der Waals surface area contributed by atoms with Crippen LogP contribution in [0.4, 0.5) is 8.78 Å². The molecule has 2 heterocycles. The van der Waals surface area contributed by atoms with E-state index in [1.807, 2.05) is 42.7 Å². The van der Waals surface area contributed by atoms with Gasteiger partial charge in [-0.3, -0.25) is 9.67 Å². The second-order valence-corrected chi connectivity index (χ2v) is 6.66. The molecule has 0 spiro atoms. The van der Waals surface area contributed by atoms with Crippen LogP contribution in [0.1, 0.15) is 16.8 Å². The minimum absolute atomic E-state index is 0.284. The molecule has 0 aliphatic rings. The molecular weight excluding hydrogens is 376 g/mol. The lowest BCUT2D eigenvalue weighted by atomic mass is 10.0. The van der Waals surface area contributed by atoms with Gasteiger partial charge >= 0.3 is 5.92 Å². The van der Waals surface area contributed by atoms with E-state index < -0.39 is 11.8 Å². The van der Waals surface area contributed by atoms with Gasteiger partial charge in [-0.15, -0.1) is 0 Å². The first-order valence-corrected chi connectivity index (χ1v) is 8.88. The molecule has 0 atom stereocenters. The van der Waals surface area contributed by atoms with Gasteiger partial charge < -0.3 is 11.3 Å². The lowest BCUT2D eigenvalue weighted by Crippen LogP contribution is -2.43. The SMILES string of the molecule is Cc1nn(Cc2cccc3ncccc23)c2cc(C(F)(F)/C(=N/N)NN)ccc12. The van der Waals surface area contributed by atoms with Crippen molar-refractivity contribution >= 4 is 27.6 Å². The maximum atomic E-state index is 14.7. The largest absolute Gasteiger partial charge is 0.332 e. The third-order valence-electron chi connectivity index (χ3n) is 4.92. The van der Waals surface area contributed by atoms with E-state index in [9.17, 15) is 8.78 Å². The van der Waals surface area contributed by atoms with Crippen molar-refractivity contribution in [3.05, 3.63) is 71.5 Å². The molecule has 0 radical (unpaired) electrons. The van der Waals surface area contributed by atoms with Crippen LogP contribution in [-0.4, -0.2) is 20.6 Å². The average molecular weight is 395 g/mol. The van der Waals surface area contributed by atoms with Crippen LogP contribution in [0.15, 0.2) is 59.8 Å². The first kappa shape index (κ1) is 18.8. The van der Waals surface area contributed by atoms with E-state index in [2.05, 4.69) is 15.2 Å². The lowest BCUT2D eigenvalue weighted by molar-refractivity contribution is 0.0714. The molecule has 0 aliphatic carbocycles. The number of benzene rings is 2. The Labute approximate surface area is 165 Å². The van der Waals surface area contributed by atoms with Crippen molar-refractivity contribution in [2.24, 2.45) is 16.8 Å². The molecule has 0 saturated heterocycles. The van der Waals surface area contributed by atoms with E-state index >= 15 is 0 Å². The standard InChI is InChI=1S/C20H19F2N7/c1-12-15-8-7-14(20(21,22)19(26-23)27-24)10-18(15)29(28-12)11-13-4-2-6-17-16(13)5-3-9-25-17/h2-10H,11,23-24H2,1H3,(H,26,27). The topological polar surface area (TPSA) is 107 Å². The Morgan fingerprint density at radius 3 is 2.76 bits per heavy atom. The highest BCUT2D eigenvalue weighted by molar-refractivity contribution is 5.91. The first-order chi connectivity index (χ1) is 14.0. The number of aromatic nitrogens is 3. The van der Waals surface area contributed by atoms with Crippen LogP contribution in [0.25, 0.3) is 21.8 Å². The number of amidine groups is 1. The van der Waals surface area contributed by atoms with Gasteiger partial charge in [-0.25, -0.2) is 5.84 Å². The molecule has 4 aromatic rings. The minimum atomic E-state index is -3.47. The summed E-state index contributed by atoms with van der Waals surface area (Å²) in [5.41, 5.74) is 4.76. The van der Waals surface area contributed by atoms with Gasteiger partial charge in [0.2, 0.25) is 5.84 Å². The summed E-state index contributed by atoms with van der Waals surface area (Å²) in [7, 11) is 0. The number of nitrogens with zero attached hydrogens (tertiary/aromatic N) is 4. The van der Waals surface area contributed by atoms with Crippen molar-refractivity contribution in [2.45, 2.75) is 19.4 Å². The van der Waals surface area contributed by atoms with Crippen molar-refractivity contribution in [3.8, 4) is 0 Å². The van der Waals surface area contributed by atoms with E-state index in [0.717, 1.165) is 27.5 Å². The molecule has 9 heteroatoms. The summed E-state index contributed by atoms with van der Waals surface area (Å²) in [4.78, 5) is 4.36. The summed E-state index contributed by atoms with van der Waals surface area (Å²) in [6.45, 7) is 2.25. The Balaban J connectivity index is 1.83. The summed E-state index contributed by atoms with van der Waals surface area (Å²) in [5.74, 6) is 5.91. The summed E-state index contributed by atoms with van der Waals surface area (Å²) >= 11 is 0. The molecule has 0 unspecified atom stereocenters. The zero-order valence-electron chi connectivity index (χ0n) is 15.6. The van der Waals surface area contributed by atoms with Crippen LogP contribution in [0, 0.1) is 6.92 Å². The highest BCUT2D eigenvalue weighted by Crippen LogP contribution is 2.32. The molecule has 7 nitrogen and oxygen atoms in total. The van der Waals surface area contributed by atoms with Crippen LogP contribution in [0.5, 0.6) is 0 Å². The van der Waals surface area contributed by atoms with Crippen molar-refractivity contribution in [3.63, 3.8) is 0 Å². The molecule has 0 fully saturated rings. The highest BCUT2D eigenvalue weighted by Gasteiger charge is 2.39. The number of aryl methyl sites for hydroxylation is 1. The average Bonchev–Trinajstić information content (AvgIpc) is 3.04. The van der Waals surface area contributed by atoms with Crippen molar-refractivity contribution < 1.29 is 8.78 Å². The maximum Gasteiger partial charge on any atom is 0.332 e. The van der Waals surface area contributed by atoms with E-state index in [1.165, 1.54) is 12.1 Å². The number of hydrazone groups is 1. The summed E-state index contributed by atoms with van der Waals surface area (Å²) in [5, 5.41) is 9.40. The fourth-order valence-electron chi connectivity index (χ4n) is 3.47. The maximum absolute atomic E-state index is 14.7. The zero-order valence-corrected chi connectivity index (χ0v) is 15.6. The predicted octanol–water partition coefficient (Wildman–Crippen LogP) is 2.77. The molecule has 148 valence electrons. The van der Waals surface area contributed by atoms with E-state index in [-0.39, 0.29) is 5.56 Å². The molecule has 5 N–H and O–H groups in total. The number of alkyl halides is 2. The van der Waals surface area contributed by atoms with Crippen LogP contribution >= 0.6 is 0 Å². The molecule has 0 saturated carbocycles. The molecule has 2 aromatic carbocycles. The Bertz CT molecular complexity index is 1220. The summed E-state index contributed by atoms with van der Waals surface area (Å²) in [6, 6.07) is 14.0. The Morgan fingerprint density at radius 1 is 1.17 bits per heavy atom. The van der Waals surface area contributed by atoms with E-state index in [1.54, 1.807) is 16.9 Å². The number of rotatable bonds is 4. The van der Waals surface area contributed by atoms with Gasteiger partial charge in [-0.1, -0.05) is 30.3 Å². The molecule has 2 aromatic heterocycles. The third-order valence-corrected chi connectivity index (χ3v) is 4.92. The fourth-order valence-corrected chi connectivity index (χ4v) is 3.47. The number of fused-ring (bicyclic) bond motifs is 2. The molecule has 29 heavy (non-hydrogen) atoms. The number of hydrogen-bond donors (Lipinski definition) is 3. The molecular formula is C20H19F2N7. The van der Waals surface area contributed by atoms with Crippen LogP contribution in [0.3, 0.4) is 0 Å². The van der Waals surface area contributed by atoms with Gasteiger partial charge in [-0.2, -0.15) is 19.0 Å². The number of nitrogens with one attached hydrogen (secondary N) is 1. The Hall–Kier alpha value is -3.59. The predicted molar refractivity (Wildman–Crippen MR) is 108 cm³/mol. The lowest BCUT2D eigenvalue weighted by Gasteiger charge is -2.18. The quantitative estimate of drug-likeness (QED) is 0.213. The Kier molecular flexibility index (Phi) is 4.59. The first-order valence-electron chi connectivity index (χ1n) is 8.88. The van der Waals surface area contributed by atoms with Crippen molar-refractivity contribution in [1.29, 1.82) is 0 Å². The van der Waals surface area contributed by atoms with Gasteiger partial charge in [0.25, 0.3) is 0 Å². The number of pyridine rings is 1. The normalized spacial score (nSPS) is 12.6. The van der Waals surface area contributed by atoms with Crippen LogP contribution in [-0.2, 0) is 12.5 Å².